The van der Waals surface area contributed by atoms with Gasteiger partial charge in [-0.1, -0.05) is 19.1 Å². The molecule has 4 heteroatoms. The third-order valence-corrected chi connectivity index (χ3v) is 4.52. The molecule has 20 heavy (non-hydrogen) atoms. The lowest BCUT2D eigenvalue weighted by Gasteiger charge is -2.13. The molecule has 3 nitrogen and oxygen atoms in total. The van der Waals surface area contributed by atoms with E-state index >= 15 is 0 Å². The van der Waals surface area contributed by atoms with Gasteiger partial charge in [-0.3, -0.25) is 4.79 Å². The molecule has 1 saturated carbocycles. The Morgan fingerprint density at radius 3 is 2.85 bits per heavy atom. The number of hydrogen-bond acceptors (Lipinski definition) is 3. The van der Waals surface area contributed by atoms with Gasteiger partial charge in [-0.2, -0.15) is 0 Å². The molecule has 0 aromatic carbocycles. The molecule has 0 saturated heterocycles. The van der Waals surface area contributed by atoms with Gasteiger partial charge in [-0.15, -0.1) is 11.3 Å². The second kappa shape index (κ2) is 5.94. The van der Waals surface area contributed by atoms with Crippen molar-refractivity contribution < 1.29 is 0 Å². The number of aromatic nitrogens is 1. The average Bonchev–Trinajstić information content (AvgIpc) is 3.12. The van der Waals surface area contributed by atoms with Crippen molar-refractivity contribution in [2.45, 2.75) is 45.3 Å². The highest BCUT2D eigenvalue weighted by atomic mass is 32.1. The van der Waals surface area contributed by atoms with Crippen molar-refractivity contribution in [3.63, 3.8) is 0 Å². The largest absolute Gasteiger partial charge is 0.310 e. The van der Waals surface area contributed by atoms with Gasteiger partial charge in [0.05, 0.1) is 10.6 Å². The number of hydrogen-bond donors (Lipinski definition) is 1. The molecule has 0 spiro atoms. The molecule has 0 amide bonds. The highest BCUT2D eigenvalue weighted by Crippen LogP contribution is 2.24. The molecule has 0 aliphatic heterocycles. The molecular formula is C16H20N2OS. The van der Waals surface area contributed by atoms with Crippen molar-refractivity contribution in [1.29, 1.82) is 0 Å². The van der Waals surface area contributed by atoms with E-state index in [-0.39, 0.29) is 5.56 Å². The monoisotopic (exact) mass is 288 g/mol. The molecular weight excluding hydrogens is 268 g/mol. The van der Waals surface area contributed by atoms with E-state index in [9.17, 15) is 4.79 Å². The molecule has 2 aromatic rings. The summed E-state index contributed by atoms with van der Waals surface area (Å²) in [5.74, 6) is 0. The molecule has 106 valence electrons. The van der Waals surface area contributed by atoms with Crippen LogP contribution in [0.2, 0.25) is 0 Å². The quantitative estimate of drug-likeness (QED) is 0.885. The highest BCUT2D eigenvalue weighted by Gasteiger charge is 2.21. The highest BCUT2D eigenvalue weighted by molar-refractivity contribution is 7.13. The zero-order valence-electron chi connectivity index (χ0n) is 11.8. The van der Waals surface area contributed by atoms with Crippen LogP contribution in [0, 0.1) is 0 Å². The van der Waals surface area contributed by atoms with E-state index < -0.39 is 0 Å². The van der Waals surface area contributed by atoms with Crippen LogP contribution in [0.1, 0.15) is 31.7 Å². The van der Waals surface area contributed by atoms with Crippen molar-refractivity contribution in [3.8, 4) is 10.6 Å². The molecule has 1 aliphatic rings. The fourth-order valence-corrected chi connectivity index (χ4v) is 3.14. The van der Waals surface area contributed by atoms with Crippen LogP contribution in [0.5, 0.6) is 0 Å². The zero-order valence-corrected chi connectivity index (χ0v) is 12.6. The summed E-state index contributed by atoms with van der Waals surface area (Å²) in [6, 6.07) is 8.81. The number of rotatable bonds is 6. The Bertz CT molecular complexity index is 626. The Kier molecular flexibility index (Phi) is 4.03. The first-order valence-corrected chi connectivity index (χ1v) is 8.17. The summed E-state index contributed by atoms with van der Waals surface area (Å²) < 4.78 is 1.93. The number of nitrogens with one attached hydrogen (secondary N) is 1. The van der Waals surface area contributed by atoms with Crippen molar-refractivity contribution in [3.05, 3.63) is 45.6 Å². The molecule has 1 aliphatic carbocycles. The maximum atomic E-state index is 12.6. The summed E-state index contributed by atoms with van der Waals surface area (Å²) in [5, 5.41) is 5.48. The Morgan fingerprint density at radius 2 is 2.20 bits per heavy atom. The summed E-state index contributed by atoms with van der Waals surface area (Å²) in [7, 11) is 0. The predicted octanol–water partition coefficient (Wildman–Crippen LogP) is 3.24. The van der Waals surface area contributed by atoms with E-state index in [1.54, 1.807) is 11.3 Å². The van der Waals surface area contributed by atoms with Crippen LogP contribution in [0.25, 0.3) is 10.6 Å². The minimum Gasteiger partial charge on any atom is -0.310 e. The van der Waals surface area contributed by atoms with E-state index in [0.29, 0.717) is 12.6 Å². The van der Waals surface area contributed by atoms with E-state index in [2.05, 4.69) is 29.8 Å². The summed E-state index contributed by atoms with van der Waals surface area (Å²) in [6.45, 7) is 3.58. The van der Waals surface area contributed by atoms with Crippen LogP contribution in [0.3, 0.4) is 0 Å². The lowest BCUT2D eigenvalue weighted by molar-refractivity contribution is 0.633. The molecule has 1 fully saturated rings. The van der Waals surface area contributed by atoms with Crippen LogP contribution in [0.15, 0.2) is 34.4 Å². The third-order valence-electron chi connectivity index (χ3n) is 3.63. The normalized spacial score (nSPS) is 14.7. The van der Waals surface area contributed by atoms with E-state index in [1.165, 1.54) is 12.8 Å². The Hall–Kier alpha value is -1.39. The van der Waals surface area contributed by atoms with Gasteiger partial charge in [0.2, 0.25) is 0 Å². The van der Waals surface area contributed by atoms with Gasteiger partial charge in [-0.25, -0.2) is 0 Å². The number of nitrogens with zero attached hydrogens (tertiary/aromatic N) is 1. The lowest BCUT2D eigenvalue weighted by atomic mass is 10.2. The first kappa shape index (κ1) is 13.6. The van der Waals surface area contributed by atoms with Gasteiger partial charge in [0.1, 0.15) is 0 Å². The van der Waals surface area contributed by atoms with Crippen LogP contribution >= 0.6 is 11.3 Å². The predicted molar refractivity (Wildman–Crippen MR) is 84.2 cm³/mol. The van der Waals surface area contributed by atoms with E-state index in [4.69, 9.17) is 0 Å². The van der Waals surface area contributed by atoms with Gasteiger partial charge in [0.25, 0.3) is 5.56 Å². The summed E-state index contributed by atoms with van der Waals surface area (Å²) in [4.78, 5) is 13.8. The fourth-order valence-electron chi connectivity index (χ4n) is 2.38. The summed E-state index contributed by atoms with van der Waals surface area (Å²) >= 11 is 1.68. The molecule has 2 aromatic heterocycles. The standard InChI is InChI=1S/C16H20N2OS/c1-2-9-18-14(15-4-3-10-20-15)8-5-12(16(18)19)11-17-13-6-7-13/h3-5,8,10,13,17H,2,6-7,9,11H2,1H3. The Labute approximate surface area is 123 Å². The van der Waals surface area contributed by atoms with Gasteiger partial charge >= 0.3 is 0 Å². The van der Waals surface area contributed by atoms with Crippen LogP contribution < -0.4 is 10.9 Å². The molecule has 0 bridgehead atoms. The number of pyridine rings is 1. The first-order chi connectivity index (χ1) is 9.79. The smallest absolute Gasteiger partial charge is 0.255 e. The molecule has 0 atom stereocenters. The first-order valence-electron chi connectivity index (χ1n) is 7.29. The minimum atomic E-state index is 0.158. The molecule has 1 N–H and O–H groups in total. The van der Waals surface area contributed by atoms with E-state index in [1.807, 2.05) is 16.7 Å². The maximum absolute atomic E-state index is 12.6. The average molecular weight is 288 g/mol. The second-order valence-electron chi connectivity index (χ2n) is 5.33. The van der Waals surface area contributed by atoms with Crippen LogP contribution in [-0.4, -0.2) is 10.6 Å². The topological polar surface area (TPSA) is 34.0 Å². The van der Waals surface area contributed by atoms with Crippen LogP contribution in [0.4, 0.5) is 0 Å². The molecule has 2 heterocycles. The minimum absolute atomic E-state index is 0.158. The Morgan fingerprint density at radius 1 is 1.35 bits per heavy atom. The van der Waals surface area contributed by atoms with Crippen molar-refractivity contribution in [2.75, 3.05) is 0 Å². The number of thiophene rings is 1. The second-order valence-corrected chi connectivity index (χ2v) is 6.28. The van der Waals surface area contributed by atoms with E-state index in [0.717, 1.165) is 29.1 Å². The molecule has 0 radical (unpaired) electrons. The fraction of sp³-hybridized carbons (Fsp3) is 0.438. The van der Waals surface area contributed by atoms with Crippen molar-refractivity contribution >= 4 is 11.3 Å². The van der Waals surface area contributed by atoms with Gasteiger partial charge in [-0.05, 0) is 36.8 Å². The SMILES string of the molecule is CCCn1c(-c2cccs2)ccc(CNC2CC2)c1=O. The summed E-state index contributed by atoms with van der Waals surface area (Å²) in [6.07, 6.45) is 3.46. The lowest BCUT2D eigenvalue weighted by Crippen LogP contribution is -2.28. The van der Waals surface area contributed by atoms with Gasteiger partial charge in [0.15, 0.2) is 0 Å². The third kappa shape index (κ3) is 2.86. The van der Waals surface area contributed by atoms with Gasteiger partial charge < -0.3 is 9.88 Å². The van der Waals surface area contributed by atoms with Gasteiger partial charge in [0, 0.05) is 24.7 Å². The zero-order chi connectivity index (χ0) is 13.9. The molecule has 3 rings (SSSR count). The summed E-state index contributed by atoms with van der Waals surface area (Å²) in [5.41, 5.74) is 2.08. The maximum Gasteiger partial charge on any atom is 0.255 e. The molecule has 0 unspecified atom stereocenters. The van der Waals surface area contributed by atoms with Crippen LogP contribution in [-0.2, 0) is 13.1 Å². The van der Waals surface area contributed by atoms with Crippen molar-refractivity contribution in [1.82, 2.24) is 9.88 Å². The Balaban J connectivity index is 1.94. The van der Waals surface area contributed by atoms with Crippen molar-refractivity contribution in [2.24, 2.45) is 0 Å².